The van der Waals surface area contributed by atoms with E-state index in [-0.39, 0.29) is 17.8 Å². The van der Waals surface area contributed by atoms with Crippen LogP contribution < -0.4 is 0 Å². The SMILES string of the molecule is CCC(=O)c1cccc(-c2cccc(C(=O)N(C)C[C@H]3CCCCO3)c2)c1. The lowest BCUT2D eigenvalue weighted by molar-refractivity contribution is -0.000186. The third-order valence-corrected chi connectivity index (χ3v) is 5.05. The molecule has 2 aromatic rings. The molecule has 0 N–H and O–H groups in total. The number of nitrogens with zero attached hydrogens (tertiary/aromatic N) is 1. The van der Waals surface area contributed by atoms with Gasteiger partial charge in [-0.15, -0.1) is 0 Å². The number of ketones is 1. The van der Waals surface area contributed by atoms with Crippen molar-refractivity contribution in [1.82, 2.24) is 4.90 Å². The van der Waals surface area contributed by atoms with Gasteiger partial charge in [0, 0.05) is 37.7 Å². The lowest BCUT2D eigenvalue weighted by Gasteiger charge is -2.27. The molecule has 2 aromatic carbocycles. The molecule has 3 rings (SSSR count). The van der Waals surface area contributed by atoms with Crippen LogP contribution in [0.3, 0.4) is 0 Å². The maximum Gasteiger partial charge on any atom is 0.253 e. The molecule has 0 aliphatic carbocycles. The first-order valence-corrected chi connectivity index (χ1v) is 9.69. The lowest BCUT2D eigenvalue weighted by Crippen LogP contribution is -2.37. The molecule has 1 atom stereocenters. The molecule has 1 heterocycles. The van der Waals surface area contributed by atoms with Crippen molar-refractivity contribution in [2.75, 3.05) is 20.2 Å². The van der Waals surface area contributed by atoms with E-state index in [1.165, 1.54) is 0 Å². The molecule has 1 amide bonds. The van der Waals surface area contributed by atoms with Crippen LogP contribution >= 0.6 is 0 Å². The highest BCUT2D eigenvalue weighted by molar-refractivity contribution is 5.98. The van der Waals surface area contributed by atoms with Crippen LogP contribution in [0.15, 0.2) is 48.5 Å². The fourth-order valence-corrected chi connectivity index (χ4v) is 3.47. The number of carbonyl (C=O) groups is 2. The second-order valence-corrected chi connectivity index (χ2v) is 7.11. The van der Waals surface area contributed by atoms with E-state index in [1.54, 1.807) is 4.90 Å². The van der Waals surface area contributed by atoms with Gasteiger partial charge in [0.25, 0.3) is 5.91 Å². The van der Waals surface area contributed by atoms with Gasteiger partial charge in [0.1, 0.15) is 0 Å². The van der Waals surface area contributed by atoms with Gasteiger partial charge >= 0.3 is 0 Å². The van der Waals surface area contributed by atoms with E-state index in [4.69, 9.17) is 4.74 Å². The number of amides is 1. The highest BCUT2D eigenvalue weighted by atomic mass is 16.5. The van der Waals surface area contributed by atoms with Crippen molar-refractivity contribution in [1.29, 1.82) is 0 Å². The molecule has 0 radical (unpaired) electrons. The molecule has 142 valence electrons. The predicted molar refractivity (Wildman–Crippen MR) is 107 cm³/mol. The summed E-state index contributed by atoms with van der Waals surface area (Å²) in [6, 6.07) is 15.2. The topological polar surface area (TPSA) is 46.6 Å². The van der Waals surface area contributed by atoms with Crippen molar-refractivity contribution in [2.24, 2.45) is 0 Å². The molecular formula is C23H27NO3. The Balaban J connectivity index is 1.76. The molecule has 27 heavy (non-hydrogen) atoms. The molecule has 0 saturated carbocycles. The Labute approximate surface area is 161 Å². The molecule has 1 saturated heterocycles. The normalized spacial score (nSPS) is 16.7. The number of benzene rings is 2. The van der Waals surface area contributed by atoms with E-state index in [0.717, 1.165) is 37.0 Å². The van der Waals surface area contributed by atoms with Crippen molar-refractivity contribution in [2.45, 2.75) is 38.7 Å². The third-order valence-electron chi connectivity index (χ3n) is 5.05. The van der Waals surface area contributed by atoms with Crippen molar-refractivity contribution >= 4 is 11.7 Å². The minimum Gasteiger partial charge on any atom is -0.376 e. The smallest absolute Gasteiger partial charge is 0.253 e. The Kier molecular flexibility index (Phi) is 6.40. The van der Waals surface area contributed by atoms with E-state index in [1.807, 2.05) is 62.5 Å². The van der Waals surface area contributed by atoms with Gasteiger partial charge in [-0.1, -0.05) is 37.3 Å². The number of hydrogen-bond donors (Lipinski definition) is 0. The summed E-state index contributed by atoms with van der Waals surface area (Å²) in [6.07, 6.45) is 3.89. The number of rotatable bonds is 6. The first kappa shape index (κ1) is 19.3. The highest BCUT2D eigenvalue weighted by Crippen LogP contribution is 2.23. The van der Waals surface area contributed by atoms with Gasteiger partial charge in [-0.2, -0.15) is 0 Å². The molecule has 1 aliphatic rings. The first-order chi connectivity index (χ1) is 13.1. The number of carbonyl (C=O) groups excluding carboxylic acids is 2. The Morgan fingerprint density at radius 1 is 1.04 bits per heavy atom. The summed E-state index contributed by atoms with van der Waals surface area (Å²) in [5.74, 6) is 0.114. The van der Waals surface area contributed by atoms with Crippen molar-refractivity contribution in [3.63, 3.8) is 0 Å². The summed E-state index contributed by atoms with van der Waals surface area (Å²) in [4.78, 5) is 26.6. The van der Waals surface area contributed by atoms with Crippen LogP contribution in [0.25, 0.3) is 11.1 Å². The summed E-state index contributed by atoms with van der Waals surface area (Å²) >= 11 is 0. The van der Waals surface area contributed by atoms with Crippen LogP contribution in [0, 0.1) is 0 Å². The zero-order chi connectivity index (χ0) is 19.2. The van der Waals surface area contributed by atoms with Gasteiger partial charge < -0.3 is 9.64 Å². The van der Waals surface area contributed by atoms with Crippen LogP contribution in [0.1, 0.15) is 53.3 Å². The van der Waals surface area contributed by atoms with Gasteiger partial charge in [-0.25, -0.2) is 0 Å². The summed E-state index contributed by atoms with van der Waals surface area (Å²) in [7, 11) is 1.83. The average Bonchev–Trinajstić information content (AvgIpc) is 2.73. The molecule has 0 spiro atoms. The van der Waals surface area contributed by atoms with Crippen molar-refractivity contribution in [3.8, 4) is 11.1 Å². The molecule has 0 bridgehead atoms. The minimum absolute atomic E-state index is 0.00758. The molecular weight excluding hydrogens is 338 g/mol. The Morgan fingerprint density at radius 2 is 1.70 bits per heavy atom. The van der Waals surface area contributed by atoms with Gasteiger partial charge in [-0.3, -0.25) is 9.59 Å². The fourth-order valence-electron chi connectivity index (χ4n) is 3.47. The number of likely N-dealkylation sites (N-methyl/N-ethyl adjacent to an activating group) is 1. The summed E-state index contributed by atoms with van der Waals surface area (Å²) in [6.45, 7) is 3.26. The van der Waals surface area contributed by atoms with Crippen LogP contribution in [0.5, 0.6) is 0 Å². The van der Waals surface area contributed by atoms with Crippen LogP contribution in [-0.2, 0) is 4.74 Å². The van der Waals surface area contributed by atoms with E-state index in [2.05, 4.69) is 0 Å². The van der Waals surface area contributed by atoms with Crippen molar-refractivity contribution in [3.05, 3.63) is 59.7 Å². The lowest BCUT2D eigenvalue weighted by atomic mass is 9.99. The van der Waals surface area contributed by atoms with Crippen molar-refractivity contribution < 1.29 is 14.3 Å². The standard InChI is InChI=1S/C23H27NO3/c1-3-22(25)19-10-6-8-17(14-19)18-9-7-11-20(15-18)23(26)24(2)16-21-12-4-5-13-27-21/h6-11,14-15,21H,3-5,12-13,16H2,1-2H3/t21-/m1/s1. The van der Waals surface area contributed by atoms with E-state index >= 15 is 0 Å². The molecule has 1 fully saturated rings. The van der Waals surface area contributed by atoms with Gasteiger partial charge in [-0.05, 0) is 48.6 Å². The second kappa shape index (κ2) is 8.96. The van der Waals surface area contributed by atoms with E-state index in [9.17, 15) is 9.59 Å². The maximum atomic E-state index is 12.8. The van der Waals surface area contributed by atoms with Gasteiger partial charge in [0.2, 0.25) is 0 Å². The zero-order valence-corrected chi connectivity index (χ0v) is 16.1. The predicted octanol–water partition coefficient (Wildman–Crippen LogP) is 4.59. The molecule has 1 aliphatic heterocycles. The third kappa shape index (κ3) is 4.83. The fraction of sp³-hybridized carbons (Fsp3) is 0.391. The molecule has 0 unspecified atom stereocenters. The number of Topliss-reactive ketones (excluding diaryl/α,β-unsaturated/α-hetero) is 1. The average molecular weight is 365 g/mol. The minimum atomic E-state index is -0.00758. The Hall–Kier alpha value is -2.46. The van der Waals surface area contributed by atoms with Crippen LogP contribution in [0.4, 0.5) is 0 Å². The van der Waals surface area contributed by atoms with Crippen LogP contribution in [0.2, 0.25) is 0 Å². The van der Waals surface area contributed by atoms with Gasteiger partial charge in [0.15, 0.2) is 5.78 Å². The summed E-state index contributed by atoms with van der Waals surface area (Å²) < 4.78 is 5.75. The van der Waals surface area contributed by atoms with E-state index < -0.39 is 0 Å². The van der Waals surface area contributed by atoms with Crippen LogP contribution in [-0.4, -0.2) is 42.9 Å². The number of ether oxygens (including phenoxy) is 1. The summed E-state index contributed by atoms with van der Waals surface area (Å²) in [5, 5.41) is 0. The first-order valence-electron chi connectivity index (χ1n) is 9.69. The maximum absolute atomic E-state index is 12.8. The zero-order valence-electron chi connectivity index (χ0n) is 16.1. The summed E-state index contributed by atoms with van der Waals surface area (Å²) in [5.41, 5.74) is 3.24. The molecule has 4 heteroatoms. The Morgan fingerprint density at radius 3 is 2.33 bits per heavy atom. The quantitative estimate of drug-likeness (QED) is 0.704. The molecule has 0 aromatic heterocycles. The van der Waals surface area contributed by atoms with Gasteiger partial charge in [0.05, 0.1) is 6.10 Å². The second-order valence-electron chi connectivity index (χ2n) is 7.11. The Bertz CT molecular complexity index is 809. The molecule has 4 nitrogen and oxygen atoms in total. The van der Waals surface area contributed by atoms with E-state index in [0.29, 0.717) is 24.1 Å². The highest BCUT2D eigenvalue weighted by Gasteiger charge is 2.20. The monoisotopic (exact) mass is 365 g/mol. The largest absolute Gasteiger partial charge is 0.376 e. The number of hydrogen-bond acceptors (Lipinski definition) is 3.